The van der Waals surface area contributed by atoms with E-state index < -0.39 is 6.03 Å². The van der Waals surface area contributed by atoms with Crippen molar-refractivity contribution in [3.63, 3.8) is 0 Å². The van der Waals surface area contributed by atoms with E-state index in [4.69, 9.17) is 17.3 Å². The van der Waals surface area contributed by atoms with Crippen LogP contribution >= 0.6 is 24.0 Å². The summed E-state index contributed by atoms with van der Waals surface area (Å²) >= 11 is 5.66. The van der Waals surface area contributed by atoms with Gasteiger partial charge in [-0.3, -0.25) is 4.90 Å². The number of halogens is 2. The number of amides is 2. The minimum atomic E-state index is -0.489. The number of carbonyl (C=O) groups excluding carboxylic acids is 1. The smallest absolute Gasteiger partial charge is 0.318 e. The number of rotatable bonds is 1. The second kappa shape index (κ2) is 4.94. The monoisotopic (exact) mass is 220 g/mol. The highest BCUT2D eigenvalue weighted by Crippen LogP contribution is 2.16. The van der Waals surface area contributed by atoms with Gasteiger partial charge in [0.1, 0.15) is 0 Å². The van der Waals surface area contributed by atoms with Crippen LogP contribution in [-0.2, 0) is 0 Å². The Morgan fingerprint density at radius 1 is 1.38 bits per heavy atom. The number of anilines is 1. The predicted octanol–water partition coefficient (Wildman–Crippen LogP) is 2.28. The first-order valence-electron chi connectivity index (χ1n) is 3.40. The molecule has 0 radical (unpaired) electrons. The van der Waals surface area contributed by atoms with E-state index in [0.717, 1.165) is 5.69 Å². The average molecular weight is 221 g/mol. The fourth-order valence-corrected chi connectivity index (χ4v) is 0.918. The van der Waals surface area contributed by atoms with Gasteiger partial charge in [-0.1, -0.05) is 11.6 Å². The van der Waals surface area contributed by atoms with E-state index in [1.54, 1.807) is 31.3 Å². The van der Waals surface area contributed by atoms with E-state index in [2.05, 4.69) is 0 Å². The molecular weight excluding hydrogens is 211 g/mol. The number of nitrogens with two attached hydrogens (primary N) is 1. The number of hydrogen-bond donors (Lipinski definition) is 1. The maximum Gasteiger partial charge on any atom is 0.318 e. The molecule has 0 saturated heterocycles. The van der Waals surface area contributed by atoms with Gasteiger partial charge in [0.15, 0.2) is 0 Å². The van der Waals surface area contributed by atoms with Crippen LogP contribution < -0.4 is 10.6 Å². The van der Waals surface area contributed by atoms with Crippen molar-refractivity contribution in [1.29, 1.82) is 0 Å². The molecule has 3 nitrogen and oxygen atoms in total. The molecule has 0 atom stereocenters. The topological polar surface area (TPSA) is 46.3 Å². The third-order valence-corrected chi connectivity index (χ3v) is 1.80. The first-order valence-corrected chi connectivity index (χ1v) is 3.78. The van der Waals surface area contributed by atoms with Crippen LogP contribution in [0, 0.1) is 0 Å². The Labute approximate surface area is 87.9 Å². The summed E-state index contributed by atoms with van der Waals surface area (Å²) in [6, 6.07) is 6.38. The molecule has 0 saturated carbocycles. The highest BCUT2D eigenvalue weighted by molar-refractivity contribution is 6.30. The fourth-order valence-electron chi connectivity index (χ4n) is 0.792. The van der Waals surface area contributed by atoms with Crippen molar-refractivity contribution in [2.24, 2.45) is 5.73 Å². The first kappa shape index (κ1) is 12.1. The summed E-state index contributed by atoms with van der Waals surface area (Å²) in [6.07, 6.45) is 0. The van der Waals surface area contributed by atoms with Crippen LogP contribution in [0.25, 0.3) is 0 Å². The Hall–Kier alpha value is -0.930. The molecular formula is C8H10Cl2N2O. The molecule has 1 aromatic carbocycles. The number of benzene rings is 1. The van der Waals surface area contributed by atoms with Gasteiger partial charge in [0, 0.05) is 17.8 Å². The Morgan fingerprint density at radius 3 is 2.23 bits per heavy atom. The van der Waals surface area contributed by atoms with Gasteiger partial charge < -0.3 is 5.73 Å². The Bertz CT molecular complexity index is 287. The highest BCUT2D eigenvalue weighted by atomic mass is 35.5. The maximum absolute atomic E-state index is 10.7. The van der Waals surface area contributed by atoms with Crippen LogP contribution in [0.4, 0.5) is 10.5 Å². The molecule has 0 aromatic heterocycles. The summed E-state index contributed by atoms with van der Waals surface area (Å²) in [5.74, 6) is 0. The van der Waals surface area contributed by atoms with Crippen molar-refractivity contribution in [2.75, 3.05) is 11.9 Å². The molecule has 72 valence electrons. The van der Waals surface area contributed by atoms with E-state index >= 15 is 0 Å². The second-order valence-corrected chi connectivity index (χ2v) is 2.81. The number of primary amides is 1. The molecule has 5 heteroatoms. The zero-order valence-corrected chi connectivity index (χ0v) is 8.60. The Kier molecular flexibility index (Phi) is 4.59. The summed E-state index contributed by atoms with van der Waals surface area (Å²) in [7, 11) is 1.60. The number of urea groups is 1. The van der Waals surface area contributed by atoms with Crippen LogP contribution in [0.15, 0.2) is 24.3 Å². The summed E-state index contributed by atoms with van der Waals surface area (Å²) in [4.78, 5) is 12.0. The number of carbonyl (C=O) groups is 1. The molecule has 0 fully saturated rings. The third-order valence-electron chi connectivity index (χ3n) is 1.54. The third kappa shape index (κ3) is 3.13. The molecule has 0 heterocycles. The minimum Gasteiger partial charge on any atom is -0.351 e. The van der Waals surface area contributed by atoms with E-state index in [-0.39, 0.29) is 12.4 Å². The lowest BCUT2D eigenvalue weighted by molar-refractivity contribution is 0.255. The van der Waals surface area contributed by atoms with Crippen LogP contribution in [0.3, 0.4) is 0 Å². The number of hydrogen-bond acceptors (Lipinski definition) is 1. The van der Waals surface area contributed by atoms with E-state index in [9.17, 15) is 4.79 Å². The molecule has 13 heavy (non-hydrogen) atoms. The molecule has 0 spiro atoms. The first-order chi connectivity index (χ1) is 5.61. The highest BCUT2D eigenvalue weighted by Gasteiger charge is 2.04. The fraction of sp³-hybridized carbons (Fsp3) is 0.125. The summed E-state index contributed by atoms with van der Waals surface area (Å²) in [5, 5.41) is 0.636. The van der Waals surface area contributed by atoms with Crippen LogP contribution in [0.1, 0.15) is 0 Å². The molecule has 0 unspecified atom stereocenters. The van der Waals surface area contributed by atoms with E-state index in [1.807, 2.05) is 0 Å². The number of nitrogens with zero attached hydrogens (tertiary/aromatic N) is 1. The SMILES string of the molecule is CN(C(N)=O)c1ccc(Cl)cc1.Cl. The van der Waals surface area contributed by atoms with Gasteiger partial charge in [0.2, 0.25) is 0 Å². The molecule has 2 amide bonds. The van der Waals surface area contributed by atoms with Crippen molar-refractivity contribution in [2.45, 2.75) is 0 Å². The molecule has 0 aliphatic rings. The Balaban J connectivity index is 0.00000144. The molecule has 1 aromatic rings. The van der Waals surface area contributed by atoms with Crippen LogP contribution in [0.5, 0.6) is 0 Å². The summed E-state index contributed by atoms with van der Waals surface area (Å²) < 4.78 is 0. The lowest BCUT2D eigenvalue weighted by Gasteiger charge is -2.13. The molecule has 0 aliphatic heterocycles. The Morgan fingerprint density at radius 2 is 1.85 bits per heavy atom. The van der Waals surface area contributed by atoms with E-state index in [0.29, 0.717) is 5.02 Å². The molecule has 0 bridgehead atoms. The van der Waals surface area contributed by atoms with Crippen molar-refractivity contribution in [1.82, 2.24) is 0 Å². The minimum absolute atomic E-state index is 0. The van der Waals surface area contributed by atoms with Gasteiger partial charge in [0.25, 0.3) is 0 Å². The van der Waals surface area contributed by atoms with Gasteiger partial charge in [-0.25, -0.2) is 4.79 Å². The summed E-state index contributed by atoms with van der Waals surface area (Å²) in [6.45, 7) is 0. The van der Waals surface area contributed by atoms with Crippen LogP contribution in [0.2, 0.25) is 5.02 Å². The van der Waals surface area contributed by atoms with Gasteiger partial charge in [0.05, 0.1) is 0 Å². The maximum atomic E-state index is 10.7. The van der Waals surface area contributed by atoms with Crippen molar-refractivity contribution in [3.8, 4) is 0 Å². The van der Waals surface area contributed by atoms with Crippen molar-refractivity contribution in [3.05, 3.63) is 29.3 Å². The largest absolute Gasteiger partial charge is 0.351 e. The predicted molar refractivity (Wildman–Crippen MR) is 56.7 cm³/mol. The zero-order chi connectivity index (χ0) is 9.14. The summed E-state index contributed by atoms with van der Waals surface area (Å²) in [5.41, 5.74) is 5.79. The average Bonchev–Trinajstić information content (AvgIpc) is 2.04. The molecule has 2 N–H and O–H groups in total. The normalized spacial score (nSPS) is 8.77. The van der Waals surface area contributed by atoms with E-state index in [1.165, 1.54) is 4.90 Å². The van der Waals surface area contributed by atoms with Crippen LogP contribution in [-0.4, -0.2) is 13.1 Å². The standard InChI is InChI=1S/C8H9ClN2O.ClH/c1-11(8(10)12)7-4-2-6(9)3-5-7;/h2-5H,1H3,(H2,10,12);1H. The van der Waals surface area contributed by atoms with Gasteiger partial charge >= 0.3 is 6.03 Å². The lowest BCUT2D eigenvalue weighted by atomic mass is 10.3. The van der Waals surface area contributed by atoms with Crippen molar-refractivity contribution < 1.29 is 4.79 Å². The molecule has 0 aliphatic carbocycles. The lowest BCUT2D eigenvalue weighted by Crippen LogP contribution is -2.31. The van der Waals surface area contributed by atoms with Gasteiger partial charge in [-0.2, -0.15) is 0 Å². The zero-order valence-electron chi connectivity index (χ0n) is 7.03. The quantitative estimate of drug-likeness (QED) is 0.776. The van der Waals surface area contributed by atoms with Gasteiger partial charge in [-0.05, 0) is 24.3 Å². The van der Waals surface area contributed by atoms with Crippen molar-refractivity contribution >= 4 is 35.7 Å². The molecule has 1 rings (SSSR count). The van der Waals surface area contributed by atoms with Gasteiger partial charge in [-0.15, -0.1) is 12.4 Å². The second-order valence-electron chi connectivity index (χ2n) is 2.37.